The van der Waals surface area contributed by atoms with Crippen LogP contribution in [0.25, 0.3) is 0 Å². The van der Waals surface area contributed by atoms with E-state index in [1.165, 1.54) is 11.3 Å². The second kappa shape index (κ2) is 3.95. The van der Waals surface area contributed by atoms with Gasteiger partial charge in [-0.3, -0.25) is 0 Å². The van der Waals surface area contributed by atoms with Gasteiger partial charge in [-0.2, -0.15) is 0 Å². The molecule has 104 valence electrons. The molecule has 1 fully saturated rings. The number of allylic oxidation sites excluding steroid dienone is 2. The Morgan fingerprint density at radius 2 is 2.16 bits per heavy atom. The maximum atomic E-state index is 10.4. The molecule has 3 rings (SSSR count). The lowest BCUT2D eigenvalue weighted by molar-refractivity contribution is 0.00371. The number of nitrogens with zero attached hydrogens (tertiary/aromatic N) is 1. The summed E-state index contributed by atoms with van der Waals surface area (Å²) >= 11 is 0. The topological polar surface area (TPSA) is 41.8 Å². The Morgan fingerprint density at radius 3 is 2.84 bits per heavy atom. The largest absolute Gasteiger partial charge is 0.395 e. The third-order valence-corrected chi connectivity index (χ3v) is 5.82. The Balaban J connectivity index is 2.13. The summed E-state index contributed by atoms with van der Waals surface area (Å²) in [6, 6.07) is 0. The zero-order valence-corrected chi connectivity index (χ0v) is 12.1. The first-order valence-electron chi connectivity index (χ1n) is 7.14. The van der Waals surface area contributed by atoms with Crippen LogP contribution in [0.4, 0.5) is 0 Å². The molecule has 0 amide bonds. The molecule has 0 radical (unpaired) electrons. The third-order valence-electron chi connectivity index (χ3n) is 5.82. The van der Waals surface area contributed by atoms with E-state index in [-0.39, 0.29) is 16.9 Å². The van der Waals surface area contributed by atoms with E-state index in [1.807, 2.05) is 13.0 Å². The summed E-state index contributed by atoms with van der Waals surface area (Å²) in [5.41, 5.74) is 3.58. The highest BCUT2D eigenvalue weighted by Gasteiger charge is 2.58. The van der Waals surface area contributed by atoms with Crippen molar-refractivity contribution in [2.75, 3.05) is 6.61 Å². The summed E-state index contributed by atoms with van der Waals surface area (Å²) in [5, 5.41) is 14.6. The lowest BCUT2D eigenvalue weighted by atomic mass is 9.49. The van der Waals surface area contributed by atoms with E-state index in [0.29, 0.717) is 12.5 Å². The van der Waals surface area contributed by atoms with Crippen LogP contribution < -0.4 is 0 Å². The molecule has 0 unspecified atom stereocenters. The maximum absolute atomic E-state index is 10.4. The Labute approximate surface area is 115 Å². The normalized spacial score (nSPS) is 45.2. The number of aliphatic hydroxyl groups excluding tert-OH is 1. The van der Waals surface area contributed by atoms with E-state index in [1.54, 1.807) is 0 Å². The molecule has 0 saturated heterocycles. The predicted molar refractivity (Wildman–Crippen MR) is 75.8 cm³/mol. The molecule has 0 aromatic heterocycles. The van der Waals surface area contributed by atoms with Crippen LogP contribution >= 0.6 is 0 Å². The summed E-state index contributed by atoms with van der Waals surface area (Å²) in [6.45, 7) is 11.2. The average molecular weight is 261 g/mol. The lowest BCUT2D eigenvalue weighted by Gasteiger charge is -2.54. The SMILES string of the molecule is C=CC1=C(C)[C@H](O)C[C@H]2[C@]3(C)CON=C3CC[C@]12C. The van der Waals surface area contributed by atoms with Gasteiger partial charge in [-0.15, -0.1) is 0 Å². The fourth-order valence-electron chi connectivity index (χ4n) is 4.59. The molecule has 1 aliphatic heterocycles. The Kier molecular flexibility index (Phi) is 2.69. The van der Waals surface area contributed by atoms with Gasteiger partial charge in [0.1, 0.15) is 6.61 Å². The molecule has 1 saturated carbocycles. The van der Waals surface area contributed by atoms with Crippen LogP contribution in [0.2, 0.25) is 0 Å². The molecule has 0 spiro atoms. The van der Waals surface area contributed by atoms with Gasteiger partial charge < -0.3 is 9.94 Å². The summed E-state index contributed by atoms with van der Waals surface area (Å²) in [4.78, 5) is 5.38. The molecule has 1 heterocycles. The minimum atomic E-state index is -0.358. The molecule has 3 aliphatic rings. The first kappa shape index (κ1) is 12.9. The fourth-order valence-corrected chi connectivity index (χ4v) is 4.59. The van der Waals surface area contributed by atoms with Crippen LogP contribution in [0.5, 0.6) is 0 Å². The van der Waals surface area contributed by atoms with Gasteiger partial charge in [-0.1, -0.05) is 31.7 Å². The summed E-state index contributed by atoms with van der Waals surface area (Å²) in [7, 11) is 0. The summed E-state index contributed by atoms with van der Waals surface area (Å²) in [6.07, 6.45) is 4.46. The molecule has 3 nitrogen and oxygen atoms in total. The number of fused-ring (bicyclic) bond motifs is 3. The lowest BCUT2D eigenvalue weighted by Crippen LogP contribution is -2.53. The minimum absolute atomic E-state index is 0.0249. The standard InChI is InChI=1S/C16H23NO2/c1-5-11-10(2)12(18)8-13-15(11,3)7-6-14-16(13,4)9-19-17-14/h5,12-13,18H,1,6-9H2,2-4H3/t12-,13-,15-,16+/m1/s1. The number of rotatable bonds is 1. The van der Waals surface area contributed by atoms with Gasteiger partial charge in [0.05, 0.1) is 11.8 Å². The van der Waals surface area contributed by atoms with E-state index in [0.717, 1.165) is 24.8 Å². The average Bonchev–Trinajstić information content (AvgIpc) is 2.75. The first-order chi connectivity index (χ1) is 8.93. The second-order valence-corrected chi connectivity index (χ2v) is 6.75. The zero-order valence-electron chi connectivity index (χ0n) is 12.1. The number of hydrogen-bond acceptors (Lipinski definition) is 3. The molecule has 4 atom stereocenters. The first-order valence-corrected chi connectivity index (χ1v) is 7.14. The van der Waals surface area contributed by atoms with Crippen LogP contribution in [0.15, 0.2) is 29.0 Å². The highest BCUT2D eigenvalue weighted by molar-refractivity contribution is 5.92. The molecule has 2 aliphatic carbocycles. The van der Waals surface area contributed by atoms with Crippen molar-refractivity contribution < 1.29 is 9.94 Å². The summed E-state index contributed by atoms with van der Waals surface area (Å²) in [5.74, 6) is 0.377. The van der Waals surface area contributed by atoms with Gasteiger partial charge >= 0.3 is 0 Å². The van der Waals surface area contributed by atoms with Gasteiger partial charge in [-0.05, 0) is 48.7 Å². The van der Waals surface area contributed by atoms with Crippen LogP contribution in [0.1, 0.15) is 40.0 Å². The minimum Gasteiger partial charge on any atom is -0.395 e. The Bertz CT molecular complexity index is 493. The number of hydrogen-bond donors (Lipinski definition) is 1. The van der Waals surface area contributed by atoms with Crippen LogP contribution in [-0.2, 0) is 4.84 Å². The van der Waals surface area contributed by atoms with Crippen molar-refractivity contribution >= 4 is 5.71 Å². The van der Waals surface area contributed by atoms with Gasteiger partial charge in [0.2, 0.25) is 0 Å². The van der Waals surface area contributed by atoms with Crippen LogP contribution in [-0.4, -0.2) is 23.5 Å². The highest BCUT2D eigenvalue weighted by Crippen LogP contribution is 2.59. The molecule has 1 N–H and O–H groups in total. The van der Waals surface area contributed by atoms with E-state index in [2.05, 4.69) is 25.6 Å². The van der Waals surface area contributed by atoms with Crippen molar-refractivity contribution in [3.8, 4) is 0 Å². The van der Waals surface area contributed by atoms with E-state index < -0.39 is 0 Å². The molecule has 3 heteroatoms. The predicted octanol–water partition coefficient (Wildman–Crippen LogP) is 3.06. The van der Waals surface area contributed by atoms with Crippen LogP contribution in [0.3, 0.4) is 0 Å². The monoisotopic (exact) mass is 261 g/mol. The van der Waals surface area contributed by atoms with Crippen molar-refractivity contribution in [3.05, 3.63) is 23.8 Å². The van der Waals surface area contributed by atoms with Crippen molar-refractivity contribution in [3.63, 3.8) is 0 Å². The van der Waals surface area contributed by atoms with Gasteiger partial charge in [0, 0.05) is 5.41 Å². The van der Waals surface area contributed by atoms with E-state index in [4.69, 9.17) is 4.84 Å². The highest BCUT2D eigenvalue weighted by atomic mass is 16.6. The number of oxime groups is 1. The maximum Gasteiger partial charge on any atom is 0.128 e. The zero-order chi connectivity index (χ0) is 13.8. The fraction of sp³-hybridized carbons (Fsp3) is 0.688. The Hall–Kier alpha value is -1.09. The molecule has 0 aromatic rings. The molecule has 0 aromatic carbocycles. The van der Waals surface area contributed by atoms with E-state index >= 15 is 0 Å². The van der Waals surface area contributed by atoms with Crippen LogP contribution in [0, 0.1) is 16.7 Å². The van der Waals surface area contributed by atoms with Gasteiger partial charge in [0.25, 0.3) is 0 Å². The van der Waals surface area contributed by atoms with Crippen molar-refractivity contribution in [2.24, 2.45) is 21.9 Å². The Morgan fingerprint density at radius 1 is 1.42 bits per heavy atom. The molecular weight excluding hydrogens is 238 g/mol. The van der Waals surface area contributed by atoms with Crippen molar-refractivity contribution in [1.29, 1.82) is 0 Å². The summed E-state index contributed by atoms with van der Waals surface area (Å²) < 4.78 is 0. The quantitative estimate of drug-likeness (QED) is 0.788. The van der Waals surface area contributed by atoms with Crippen molar-refractivity contribution in [2.45, 2.75) is 46.1 Å². The molecular formula is C16H23NO2. The smallest absolute Gasteiger partial charge is 0.128 e. The number of aliphatic hydroxyl groups is 1. The van der Waals surface area contributed by atoms with Gasteiger partial charge in [0.15, 0.2) is 0 Å². The molecule has 19 heavy (non-hydrogen) atoms. The third kappa shape index (κ3) is 1.51. The van der Waals surface area contributed by atoms with Crippen molar-refractivity contribution in [1.82, 2.24) is 0 Å². The van der Waals surface area contributed by atoms with Gasteiger partial charge in [-0.25, -0.2) is 0 Å². The van der Waals surface area contributed by atoms with E-state index in [9.17, 15) is 5.11 Å². The second-order valence-electron chi connectivity index (χ2n) is 6.75. The molecule has 0 bridgehead atoms.